The number of nitroso groups, excluding NO2 is 1. The van der Waals surface area contributed by atoms with E-state index in [2.05, 4.69) is 5.18 Å². The number of aryl methyl sites for hydroxylation is 2. The molecule has 2 heterocycles. The van der Waals surface area contributed by atoms with Crippen molar-refractivity contribution in [2.24, 2.45) is 5.18 Å². The van der Waals surface area contributed by atoms with Gasteiger partial charge < -0.3 is 19.0 Å². The first-order valence-electron chi connectivity index (χ1n) is 9.13. The summed E-state index contributed by atoms with van der Waals surface area (Å²) in [7, 11) is 0. The van der Waals surface area contributed by atoms with Crippen molar-refractivity contribution in [2.45, 2.75) is 19.8 Å². The van der Waals surface area contributed by atoms with Crippen molar-refractivity contribution in [2.75, 3.05) is 6.54 Å². The molecule has 152 valence electrons. The van der Waals surface area contributed by atoms with E-state index in [-0.39, 0.29) is 33.1 Å². The van der Waals surface area contributed by atoms with Gasteiger partial charge >= 0.3 is 11.3 Å². The van der Waals surface area contributed by atoms with E-state index < -0.39 is 35.2 Å². The summed E-state index contributed by atoms with van der Waals surface area (Å²) >= 11 is 0. The number of hydrogen-bond donors (Lipinski definition) is 2. The number of hydrogen-bond acceptors (Lipinski definition) is 8. The molecule has 8 nitrogen and oxygen atoms in total. The third-order valence-electron chi connectivity index (χ3n) is 5.09. The Morgan fingerprint density at radius 2 is 1.27 bits per heavy atom. The molecule has 2 N–H and O–H groups in total. The summed E-state index contributed by atoms with van der Waals surface area (Å²) in [5, 5.41) is 24.9. The van der Waals surface area contributed by atoms with E-state index in [0.717, 1.165) is 11.1 Å². The lowest BCUT2D eigenvalue weighted by molar-refractivity contribution is 0.435. The highest BCUT2D eigenvalue weighted by Gasteiger charge is 2.31. The summed E-state index contributed by atoms with van der Waals surface area (Å²) in [5.74, 6) is -2.25. The molecule has 0 radical (unpaired) electrons. The summed E-state index contributed by atoms with van der Waals surface area (Å²) in [6.45, 7) is 3.00. The highest BCUT2D eigenvalue weighted by atomic mass is 16.4. The second-order valence-electron chi connectivity index (χ2n) is 7.17. The molecule has 0 aliphatic rings. The molecule has 0 aliphatic heterocycles. The van der Waals surface area contributed by atoms with Crippen molar-refractivity contribution < 1.29 is 19.0 Å². The zero-order chi connectivity index (χ0) is 21.6. The van der Waals surface area contributed by atoms with E-state index in [1.54, 1.807) is 50.2 Å². The van der Waals surface area contributed by atoms with Crippen molar-refractivity contribution >= 4 is 21.9 Å². The van der Waals surface area contributed by atoms with Gasteiger partial charge in [-0.25, -0.2) is 9.59 Å². The Kier molecular flexibility index (Phi) is 4.62. The molecule has 2 aromatic carbocycles. The molecule has 0 saturated heterocycles. The number of fused-ring (bicyclic) bond motifs is 2. The van der Waals surface area contributed by atoms with Crippen LogP contribution in [0.5, 0.6) is 11.5 Å². The molecule has 0 saturated carbocycles. The van der Waals surface area contributed by atoms with Crippen LogP contribution in [0.1, 0.15) is 28.2 Å². The van der Waals surface area contributed by atoms with Crippen LogP contribution >= 0.6 is 0 Å². The average Bonchev–Trinajstić information content (AvgIpc) is 2.67. The van der Waals surface area contributed by atoms with Crippen LogP contribution in [0.25, 0.3) is 21.9 Å². The number of rotatable bonds is 4. The first-order chi connectivity index (χ1) is 14.3. The normalized spacial score (nSPS) is 11.4. The lowest BCUT2D eigenvalue weighted by Gasteiger charge is -2.16. The average molecular weight is 407 g/mol. The van der Waals surface area contributed by atoms with Crippen molar-refractivity contribution in [1.82, 2.24) is 0 Å². The SMILES string of the molecule is Cc1ccc2c(O)c(C(CN=O)c3c(O)c4ccc(C)cc4oc3=O)c(=O)oc2c1. The van der Waals surface area contributed by atoms with Gasteiger partial charge in [-0.2, -0.15) is 4.91 Å². The summed E-state index contributed by atoms with van der Waals surface area (Å²) in [4.78, 5) is 36.5. The zero-order valence-corrected chi connectivity index (χ0v) is 16.1. The minimum atomic E-state index is -1.36. The van der Waals surface area contributed by atoms with Crippen molar-refractivity contribution in [3.63, 3.8) is 0 Å². The minimum absolute atomic E-state index is 0.157. The fourth-order valence-electron chi connectivity index (χ4n) is 3.63. The zero-order valence-electron chi connectivity index (χ0n) is 16.1. The second kappa shape index (κ2) is 7.14. The monoisotopic (exact) mass is 407 g/mol. The minimum Gasteiger partial charge on any atom is -0.507 e. The van der Waals surface area contributed by atoms with E-state index in [9.17, 15) is 24.7 Å². The van der Waals surface area contributed by atoms with Gasteiger partial charge in [0.1, 0.15) is 22.7 Å². The van der Waals surface area contributed by atoms with Gasteiger partial charge in [-0.3, -0.25) is 0 Å². The standard InChI is InChI=1S/C22H17NO7/c1-10-3-5-12-15(7-10)29-21(26)17(19(12)24)14(9-23-28)18-20(25)13-6-4-11(2)8-16(13)30-22(18)27/h3-8,14,24-25H,9H2,1-2H3. The highest BCUT2D eigenvalue weighted by molar-refractivity contribution is 5.87. The van der Waals surface area contributed by atoms with Gasteiger partial charge in [0.15, 0.2) is 0 Å². The van der Waals surface area contributed by atoms with Crippen LogP contribution in [-0.4, -0.2) is 16.8 Å². The van der Waals surface area contributed by atoms with Crippen molar-refractivity contribution in [3.8, 4) is 11.5 Å². The van der Waals surface area contributed by atoms with Crippen LogP contribution < -0.4 is 11.3 Å². The topological polar surface area (TPSA) is 130 Å². The molecule has 0 bridgehead atoms. The molecule has 0 spiro atoms. The van der Waals surface area contributed by atoms with Crippen molar-refractivity contribution in [1.29, 1.82) is 0 Å². The summed E-state index contributed by atoms with van der Waals surface area (Å²) in [6, 6.07) is 9.70. The molecule has 0 amide bonds. The Labute approximate surface area is 169 Å². The predicted molar refractivity (Wildman–Crippen MR) is 110 cm³/mol. The van der Waals surface area contributed by atoms with Gasteiger partial charge in [0, 0.05) is 0 Å². The fraction of sp³-hybridized carbons (Fsp3) is 0.182. The quantitative estimate of drug-likeness (QED) is 0.388. The first kappa shape index (κ1) is 19.4. The molecule has 4 rings (SSSR count). The van der Waals surface area contributed by atoms with E-state index >= 15 is 0 Å². The largest absolute Gasteiger partial charge is 0.507 e. The maximum atomic E-state index is 12.7. The second-order valence-corrected chi connectivity index (χ2v) is 7.17. The number of benzene rings is 2. The Bertz CT molecular complexity index is 1330. The lowest BCUT2D eigenvalue weighted by atomic mass is 9.90. The molecule has 0 aliphatic carbocycles. The summed E-state index contributed by atoms with van der Waals surface area (Å²) in [6.07, 6.45) is 0. The molecule has 0 unspecified atom stereocenters. The van der Waals surface area contributed by atoms with Gasteiger partial charge in [0.2, 0.25) is 0 Å². The lowest BCUT2D eigenvalue weighted by Crippen LogP contribution is -2.22. The summed E-state index contributed by atoms with van der Waals surface area (Å²) < 4.78 is 10.6. The van der Waals surface area contributed by atoms with Crippen LogP contribution in [0.4, 0.5) is 0 Å². The van der Waals surface area contributed by atoms with Gasteiger partial charge in [-0.1, -0.05) is 17.3 Å². The van der Waals surface area contributed by atoms with Crippen LogP contribution in [0.2, 0.25) is 0 Å². The summed E-state index contributed by atoms with van der Waals surface area (Å²) in [5.41, 5.74) is -0.642. The predicted octanol–water partition coefficient (Wildman–Crippen LogP) is 3.83. The van der Waals surface area contributed by atoms with Gasteiger partial charge in [-0.15, -0.1) is 0 Å². The molecule has 0 atom stereocenters. The van der Waals surface area contributed by atoms with Crippen LogP contribution in [0, 0.1) is 18.8 Å². The number of aromatic hydroxyl groups is 2. The van der Waals surface area contributed by atoms with E-state index in [1.165, 1.54) is 0 Å². The Morgan fingerprint density at radius 1 is 0.833 bits per heavy atom. The fourth-order valence-corrected chi connectivity index (χ4v) is 3.63. The molecule has 30 heavy (non-hydrogen) atoms. The Balaban J connectivity index is 2.05. The molecule has 4 aromatic rings. The highest BCUT2D eigenvalue weighted by Crippen LogP contribution is 2.38. The van der Waals surface area contributed by atoms with Gasteiger partial charge in [-0.05, 0) is 49.2 Å². The van der Waals surface area contributed by atoms with E-state index in [1.807, 2.05) is 0 Å². The van der Waals surface area contributed by atoms with Gasteiger partial charge in [0.05, 0.1) is 34.4 Å². The third kappa shape index (κ3) is 3.02. The smallest absolute Gasteiger partial charge is 0.343 e. The third-order valence-corrected chi connectivity index (χ3v) is 5.09. The van der Waals surface area contributed by atoms with E-state index in [4.69, 9.17) is 8.83 Å². The van der Waals surface area contributed by atoms with Crippen LogP contribution in [0.15, 0.2) is 60.0 Å². The molecule has 2 aromatic heterocycles. The van der Waals surface area contributed by atoms with Crippen LogP contribution in [-0.2, 0) is 0 Å². The molecule has 8 heteroatoms. The molecular formula is C22H17NO7. The Hall–Kier alpha value is -3.94. The first-order valence-corrected chi connectivity index (χ1v) is 9.13. The van der Waals surface area contributed by atoms with Crippen molar-refractivity contribution in [3.05, 3.63) is 84.4 Å². The maximum absolute atomic E-state index is 12.7. The maximum Gasteiger partial charge on any atom is 0.343 e. The van der Waals surface area contributed by atoms with E-state index in [0.29, 0.717) is 0 Å². The van der Waals surface area contributed by atoms with Gasteiger partial charge in [0.25, 0.3) is 0 Å². The Morgan fingerprint density at radius 3 is 1.67 bits per heavy atom. The molecular weight excluding hydrogens is 390 g/mol. The number of nitrogens with zero attached hydrogens (tertiary/aromatic N) is 1. The van der Waals surface area contributed by atoms with Crippen LogP contribution in [0.3, 0.4) is 0 Å². The molecule has 0 fully saturated rings.